The van der Waals surface area contributed by atoms with Crippen LogP contribution in [0.4, 0.5) is 0 Å². The van der Waals surface area contributed by atoms with Crippen LogP contribution in [0.25, 0.3) is 0 Å². The monoisotopic (exact) mass is 240 g/mol. The molecule has 1 atom stereocenters. The summed E-state index contributed by atoms with van der Waals surface area (Å²) < 4.78 is 5.34. The van der Waals surface area contributed by atoms with Crippen LogP contribution in [0.3, 0.4) is 0 Å². The van der Waals surface area contributed by atoms with Gasteiger partial charge >= 0.3 is 0 Å². The maximum atomic E-state index is 9.47. The van der Waals surface area contributed by atoms with E-state index in [1.807, 2.05) is 18.2 Å². The van der Waals surface area contributed by atoms with Crippen molar-refractivity contribution >= 4 is 11.6 Å². The molecule has 0 radical (unpaired) electrons. The number of rotatable bonds is 2. The fourth-order valence-electron chi connectivity index (χ4n) is 2.14. The topological polar surface area (TPSA) is 29.5 Å². The van der Waals surface area contributed by atoms with Crippen LogP contribution in [0.5, 0.6) is 0 Å². The van der Waals surface area contributed by atoms with Crippen LogP contribution in [0.2, 0.25) is 5.02 Å². The van der Waals surface area contributed by atoms with Crippen molar-refractivity contribution in [3.8, 4) is 0 Å². The largest absolute Gasteiger partial charge is 0.389 e. The Labute approximate surface area is 101 Å². The molecule has 1 saturated heterocycles. The predicted octanol–water partition coefficient (Wildman–Crippen LogP) is 3.29. The van der Waals surface area contributed by atoms with Gasteiger partial charge in [-0.3, -0.25) is 0 Å². The molecule has 1 aromatic carbocycles. The minimum absolute atomic E-state index is 0.457. The molecule has 1 aliphatic heterocycles. The lowest BCUT2D eigenvalue weighted by molar-refractivity contribution is 0.0853. The Morgan fingerprint density at radius 3 is 2.62 bits per heavy atom. The van der Waals surface area contributed by atoms with Crippen LogP contribution in [-0.4, -0.2) is 18.3 Å². The van der Waals surface area contributed by atoms with E-state index in [4.69, 9.17) is 16.3 Å². The summed E-state index contributed by atoms with van der Waals surface area (Å²) in [6.07, 6.45) is 1.61. The molecule has 1 aromatic rings. The van der Waals surface area contributed by atoms with Crippen LogP contribution >= 0.6 is 11.6 Å². The fourth-order valence-corrected chi connectivity index (χ4v) is 2.49. The van der Waals surface area contributed by atoms with Crippen molar-refractivity contribution in [2.45, 2.75) is 31.8 Å². The van der Waals surface area contributed by atoms with Crippen molar-refractivity contribution in [1.29, 1.82) is 0 Å². The summed E-state index contributed by atoms with van der Waals surface area (Å²) in [6, 6.07) is 5.87. The van der Waals surface area contributed by atoms with Gasteiger partial charge < -0.3 is 9.84 Å². The van der Waals surface area contributed by atoms with E-state index in [1.54, 1.807) is 6.92 Å². The van der Waals surface area contributed by atoms with E-state index in [2.05, 4.69) is 0 Å². The first kappa shape index (κ1) is 11.9. The number of hydrogen-bond acceptors (Lipinski definition) is 2. The molecule has 1 unspecified atom stereocenters. The van der Waals surface area contributed by atoms with Gasteiger partial charge in [-0.1, -0.05) is 23.7 Å². The SMILES string of the molecule is CC(O)c1ccc(C2CCOCC2)c(Cl)c1. The lowest BCUT2D eigenvalue weighted by atomic mass is 9.90. The second-order valence-corrected chi connectivity index (χ2v) is 4.75. The number of hydrogen-bond donors (Lipinski definition) is 1. The molecule has 3 heteroatoms. The van der Waals surface area contributed by atoms with Crippen LogP contribution in [-0.2, 0) is 4.74 Å². The second kappa shape index (κ2) is 5.17. The van der Waals surface area contributed by atoms with Crippen molar-refractivity contribution in [1.82, 2.24) is 0 Å². The summed E-state index contributed by atoms with van der Waals surface area (Å²) in [5.41, 5.74) is 2.06. The van der Waals surface area contributed by atoms with Crippen molar-refractivity contribution in [3.05, 3.63) is 34.3 Å². The molecular formula is C13H17ClO2. The van der Waals surface area contributed by atoms with Gasteiger partial charge in [-0.25, -0.2) is 0 Å². The van der Waals surface area contributed by atoms with Gasteiger partial charge in [-0.2, -0.15) is 0 Å². The smallest absolute Gasteiger partial charge is 0.0762 e. The molecule has 16 heavy (non-hydrogen) atoms. The highest BCUT2D eigenvalue weighted by Gasteiger charge is 2.18. The van der Waals surface area contributed by atoms with Crippen molar-refractivity contribution in [3.63, 3.8) is 0 Å². The van der Waals surface area contributed by atoms with Crippen molar-refractivity contribution < 1.29 is 9.84 Å². The highest BCUT2D eigenvalue weighted by molar-refractivity contribution is 6.31. The van der Waals surface area contributed by atoms with E-state index >= 15 is 0 Å². The lowest BCUT2D eigenvalue weighted by Crippen LogP contribution is -2.14. The third-order valence-corrected chi connectivity index (χ3v) is 3.50. The van der Waals surface area contributed by atoms with E-state index in [1.165, 1.54) is 5.56 Å². The van der Waals surface area contributed by atoms with E-state index in [9.17, 15) is 5.11 Å². The van der Waals surface area contributed by atoms with Crippen molar-refractivity contribution in [2.24, 2.45) is 0 Å². The van der Waals surface area contributed by atoms with Gasteiger partial charge in [0.1, 0.15) is 0 Å². The molecule has 2 rings (SSSR count). The summed E-state index contributed by atoms with van der Waals surface area (Å²) in [6.45, 7) is 3.39. The van der Waals surface area contributed by atoms with Crippen molar-refractivity contribution in [2.75, 3.05) is 13.2 Å². The zero-order valence-corrected chi connectivity index (χ0v) is 10.2. The van der Waals surface area contributed by atoms with Gasteiger partial charge in [-0.05, 0) is 42.9 Å². The van der Waals surface area contributed by atoms with Crippen LogP contribution in [0.15, 0.2) is 18.2 Å². The first-order chi connectivity index (χ1) is 7.68. The zero-order valence-electron chi connectivity index (χ0n) is 9.45. The molecule has 1 aliphatic rings. The number of ether oxygens (including phenoxy) is 1. The number of benzene rings is 1. The summed E-state index contributed by atoms with van der Waals surface area (Å²) in [7, 11) is 0. The Balaban J connectivity index is 2.21. The highest BCUT2D eigenvalue weighted by atomic mass is 35.5. The lowest BCUT2D eigenvalue weighted by Gasteiger charge is -2.23. The van der Waals surface area contributed by atoms with Gasteiger partial charge in [0.25, 0.3) is 0 Å². The second-order valence-electron chi connectivity index (χ2n) is 4.34. The van der Waals surface area contributed by atoms with E-state index < -0.39 is 6.10 Å². The van der Waals surface area contributed by atoms with E-state index in [0.29, 0.717) is 5.92 Å². The third-order valence-electron chi connectivity index (χ3n) is 3.17. The summed E-state index contributed by atoms with van der Waals surface area (Å²) in [4.78, 5) is 0. The Kier molecular flexibility index (Phi) is 3.85. The molecule has 2 nitrogen and oxygen atoms in total. The minimum atomic E-state index is -0.457. The fraction of sp³-hybridized carbons (Fsp3) is 0.538. The van der Waals surface area contributed by atoms with Crippen LogP contribution in [0, 0.1) is 0 Å². The highest BCUT2D eigenvalue weighted by Crippen LogP contribution is 2.33. The molecule has 1 heterocycles. The first-order valence-corrected chi connectivity index (χ1v) is 6.11. The molecule has 0 bridgehead atoms. The van der Waals surface area contributed by atoms with Gasteiger partial charge in [-0.15, -0.1) is 0 Å². The Hall–Kier alpha value is -0.570. The van der Waals surface area contributed by atoms with Crippen LogP contribution < -0.4 is 0 Å². The predicted molar refractivity (Wildman–Crippen MR) is 64.9 cm³/mol. The summed E-state index contributed by atoms with van der Waals surface area (Å²) in [5.74, 6) is 0.504. The standard InChI is InChI=1S/C13H17ClO2/c1-9(15)11-2-3-12(13(14)8-11)10-4-6-16-7-5-10/h2-3,8-10,15H,4-7H2,1H3. The average molecular weight is 241 g/mol. The number of halogens is 1. The Morgan fingerprint density at radius 2 is 2.06 bits per heavy atom. The molecule has 1 fully saturated rings. The minimum Gasteiger partial charge on any atom is -0.389 e. The van der Waals surface area contributed by atoms with Gasteiger partial charge in [0, 0.05) is 18.2 Å². The molecule has 88 valence electrons. The average Bonchev–Trinajstić information content (AvgIpc) is 2.30. The van der Waals surface area contributed by atoms with E-state index in [0.717, 1.165) is 36.6 Å². The Bertz CT molecular complexity index is 357. The number of aliphatic hydroxyl groups is 1. The van der Waals surface area contributed by atoms with Gasteiger partial charge in [0.2, 0.25) is 0 Å². The summed E-state index contributed by atoms with van der Waals surface area (Å²) >= 11 is 6.25. The van der Waals surface area contributed by atoms with E-state index in [-0.39, 0.29) is 0 Å². The van der Waals surface area contributed by atoms with Gasteiger partial charge in [0.15, 0.2) is 0 Å². The maximum absolute atomic E-state index is 9.47. The molecule has 1 N–H and O–H groups in total. The summed E-state index contributed by atoms with van der Waals surface area (Å²) in [5, 5.41) is 10.2. The molecule has 0 saturated carbocycles. The molecule has 0 spiro atoms. The molecule has 0 aliphatic carbocycles. The number of aliphatic hydroxyl groups excluding tert-OH is 1. The van der Waals surface area contributed by atoms with Crippen LogP contribution in [0.1, 0.15) is 42.9 Å². The van der Waals surface area contributed by atoms with Gasteiger partial charge in [0.05, 0.1) is 6.10 Å². The zero-order chi connectivity index (χ0) is 11.5. The maximum Gasteiger partial charge on any atom is 0.0762 e. The normalized spacial score (nSPS) is 19.7. The molecule has 0 amide bonds. The third kappa shape index (κ3) is 2.57. The molecule has 0 aromatic heterocycles. The Morgan fingerprint density at radius 1 is 1.38 bits per heavy atom. The molecular weight excluding hydrogens is 224 g/mol. The first-order valence-electron chi connectivity index (χ1n) is 5.73. The quantitative estimate of drug-likeness (QED) is 0.860.